The van der Waals surface area contributed by atoms with Crippen LogP contribution in [0.5, 0.6) is 5.75 Å². The van der Waals surface area contributed by atoms with Crippen LogP contribution in [0.2, 0.25) is 0 Å². The molecule has 1 aromatic heterocycles. The molecular formula is C25H32N4O5. The number of likely N-dealkylation sites (tertiary alicyclic amines) is 1. The van der Waals surface area contributed by atoms with E-state index in [1.54, 1.807) is 4.90 Å². The van der Waals surface area contributed by atoms with E-state index in [0.29, 0.717) is 30.6 Å². The molecule has 5 rings (SSSR count). The summed E-state index contributed by atoms with van der Waals surface area (Å²) in [6.45, 7) is 8.32. The van der Waals surface area contributed by atoms with Gasteiger partial charge in [0, 0.05) is 28.9 Å². The highest BCUT2D eigenvalue weighted by Gasteiger charge is 2.38. The fraction of sp³-hybridized carbons (Fsp3) is 0.560. The van der Waals surface area contributed by atoms with Crippen LogP contribution >= 0.6 is 0 Å². The van der Waals surface area contributed by atoms with Crippen LogP contribution in [0.1, 0.15) is 58.6 Å². The predicted molar refractivity (Wildman–Crippen MR) is 126 cm³/mol. The molecule has 0 bridgehead atoms. The highest BCUT2D eigenvalue weighted by molar-refractivity contribution is 5.91. The molecule has 2 amide bonds. The highest BCUT2D eigenvalue weighted by Crippen LogP contribution is 2.44. The smallest absolute Gasteiger partial charge is 0.412 e. The maximum Gasteiger partial charge on any atom is 0.412 e. The van der Waals surface area contributed by atoms with Crippen LogP contribution < -0.4 is 9.64 Å². The molecule has 9 heteroatoms. The van der Waals surface area contributed by atoms with Gasteiger partial charge in [-0.25, -0.2) is 9.59 Å². The van der Waals surface area contributed by atoms with E-state index in [9.17, 15) is 14.7 Å². The molecular weight excluding hydrogens is 436 g/mol. The number of fused-ring (bicyclic) bond motifs is 1. The number of carbonyl (C=O) groups is 2. The summed E-state index contributed by atoms with van der Waals surface area (Å²) in [4.78, 5) is 27.4. The minimum absolute atomic E-state index is 0.104. The molecule has 2 fully saturated rings. The molecule has 0 spiro atoms. The van der Waals surface area contributed by atoms with Gasteiger partial charge >= 0.3 is 12.2 Å². The second-order valence-corrected chi connectivity index (χ2v) is 10.5. The lowest BCUT2D eigenvalue weighted by Gasteiger charge is -2.41. The first-order valence-electron chi connectivity index (χ1n) is 12.0. The van der Waals surface area contributed by atoms with Gasteiger partial charge in [0.1, 0.15) is 17.5 Å². The fourth-order valence-corrected chi connectivity index (χ4v) is 4.63. The maximum absolute atomic E-state index is 12.4. The molecule has 1 unspecified atom stereocenters. The normalized spacial score (nSPS) is 20.5. The number of ether oxygens (including phenoxy) is 2. The number of aromatic nitrogens is 2. The first-order chi connectivity index (χ1) is 16.1. The Morgan fingerprint density at radius 3 is 2.53 bits per heavy atom. The molecule has 3 aliphatic rings. The molecule has 182 valence electrons. The van der Waals surface area contributed by atoms with Crippen molar-refractivity contribution in [3.05, 3.63) is 30.1 Å². The SMILES string of the molecule is CC1CCc2c(ccc(-c3cnn(C4CC4)c3)c2OC2CN(C(=O)OC(C)(C)C)C2)N1C(=O)O. The number of rotatable bonds is 4. The zero-order chi connectivity index (χ0) is 24.2. The van der Waals surface area contributed by atoms with Crippen molar-refractivity contribution in [2.24, 2.45) is 0 Å². The van der Waals surface area contributed by atoms with Crippen LogP contribution in [0.25, 0.3) is 11.1 Å². The number of carboxylic acid groups (broad SMARTS) is 1. The average molecular weight is 469 g/mol. The molecule has 34 heavy (non-hydrogen) atoms. The molecule has 3 heterocycles. The van der Waals surface area contributed by atoms with Crippen molar-refractivity contribution in [2.75, 3.05) is 18.0 Å². The van der Waals surface area contributed by atoms with E-state index in [-0.39, 0.29) is 18.2 Å². The lowest BCUT2D eigenvalue weighted by molar-refractivity contribution is -0.0222. The van der Waals surface area contributed by atoms with Gasteiger partial charge in [0.2, 0.25) is 0 Å². The topological polar surface area (TPSA) is 97.1 Å². The van der Waals surface area contributed by atoms with Crippen molar-refractivity contribution in [3.8, 4) is 16.9 Å². The largest absolute Gasteiger partial charge is 0.486 e. The third-order valence-electron chi connectivity index (χ3n) is 6.57. The fourth-order valence-electron chi connectivity index (χ4n) is 4.63. The van der Waals surface area contributed by atoms with Crippen LogP contribution in [-0.4, -0.2) is 62.8 Å². The lowest BCUT2D eigenvalue weighted by Crippen LogP contribution is -2.57. The molecule has 1 atom stereocenters. The molecule has 1 aliphatic carbocycles. The number of anilines is 1. The van der Waals surface area contributed by atoms with Crippen molar-refractivity contribution in [2.45, 2.75) is 77.2 Å². The molecule has 1 saturated heterocycles. The minimum Gasteiger partial charge on any atom is -0.486 e. The second kappa shape index (κ2) is 8.21. The Bertz CT molecular complexity index is 1110. The lowest BCUT2D eigenvalue weighted by atomic mass is 9.92. The number of amides is 2. The summed E-state index contributed by atoms with van der Waals surface area (Å²) in [5.74, 6) is 0.694. The predicted octanol–water partition coefficient (Wildman–Crippen LogP) is 4.70. The van der Waals surface area contributed by atoms with Gasteiger partial charge in [0.05, 0.1) is 31.0 Å². The molecule has 1 saturated carbocycles. The Kier molecular flexibility index (Phi) is 5.45. The molecule has 9 nitrogen and oxygen atoms in total. The Morgan fingerprint density at radius 1 is 1.15 bits per heavy atom. The Morgan fingerprint density at radius 2 is 1.88 bits per heavy atom. The number of benzene rings is 1. The van der Waals surface area contributed by atoms with Crippen LogP contribution in [0.4, 0.5) is 15.3 Å². The number of nitrogens with zero attached hydrogens (tertiary/aromatic N) is 4. The maximum atomic E-state index is 12.4. The van der Waals surface area contributed by atoms with Crippen LogP contribution in [0, 0.1) is 0 Å². The summed E-state index contributed by atoms with van der Waals surface area (Å²) in [6.07, 6.45) is 6.12. The van der Waals surface area contributed by atoms with Crippen LogP contribution in [0.15, 0.2) is 24.5 Å². The van der Waals surface area contributed by atoms with Gasteiger partial charge in [0.15, 0.2) is 0 Å². The van der Waals surface area contributed by atoms with Crippen LogP contribution in [-0.2, 0) is 11.2 Å². The zero-order valence-corrected chi connectivity index (χ0v) is 20.2. The summed E-state index contributed by atoms with van der Waals surface area (Å²) in [5.41, 5.74) is 2.87. The first-order valence-corrected chi connectivity index (χ1v) is 12.0. The van der Waals surface area contributed by atoms with Gasteiger partial charge in [-0.1, -0.05) is 0 Å². The van der Waals surface area contributed by atoms with Crippen molar-refractivity contribution in [3.63, 3.8) is 0 Å². The molecule has 1 aromatic carbocycles. The van der Waals surface area contributed by atoms with E-state index < -0.39 is 11.7 Å². The highest BCUT2D eigenvalue weighted by atomic mass is 16.6. The van der Waals surface area contributed by atoms with E-state index >= 15 is 0 Å². The van der Waals surface area contributed by atoms with E-state index in [0.717, 1.165) is 42.4 Å². The Labute approximate surface area is 199 Å². The van der Waals surface area contributed by atoms with Gasteiger partial charge in [-0.15, -0.1) is 0 Å². The van der Waals surface area contributed by atoms with Crippen molar-refractivity contribution in [1.29, 1.82) is 0 Å². The van der Waals surface area contributed by atoms with Gasteiger partial charge in [-0.05, 0) is 65.5 Å². The van der Waals surface area contributed by atoms with Crippen molar-refractivity contribution >= 4 is 17.9 Å². The van der Waals surface area contributed by atoms with Gasteiger partial charge in [0.25, 0.3) is 0 Å². The van der Waals surface area contributed by atoms with E-state index in [1.807, 2.05) is 56.9 Å². The molecule has 0 radical (unpaired) electrons. The zero-order valence-electron chi connectivity index (χ0n) is 20.2. The van der Waals surface area contributed by atoms with E-state index in [1.165, 1.54) is 4.90 Å². The number of hydrogen-bond acceptors (Lipinski definition) is 5. The summed E-state index contributed by atoms with van der Waals surface area (Å²) in [7, 11) is 0. The van der Waals surface area contributed by atoms with Crippen molar-refractivity contribution in [1.82, 2.24) is 14.7 Å². The standard InChI is InChI=1S/C25H32N4O5/c1-15-5-8-20-21(29(15)23(30)31)10-9-19(16-11-26-28(12-16)17-6-7-17)22(20)33-18-13-27(14-18)24(32)34-25(2,3)4/h9-12,15,17-18H,5-8,13-14H2,1-4H3,(H,30,31). The van der Waals surface area contributed by atoms with Gasteiger partial charge in [-0.2, -0.15) is 5.10 Å². The Hall–Kier alpha value is -3.23. The number of hydrogen-bond donors (Lipinski definition) is 1. The molecule has 2 aromatic rings. The molecule has 2 aliphatic heterocycles. The Balaban J connectivity index is 1.44. The van der Waals surface area contributed by atoms with E-state index in [4.69, 9.17) is 9.47 Å². The summed E-state index contributed by atoms with van der Waals surface area (Å²) in [5, 5.41) is 14.4. The van der Waals surface area contributed by atoms with Gasteiger partial charge in [-0.3, -0.25) is 9.58 Å². The quantitative estimate of drug-likeness (QED) is 0.698. The summed E-state index contributed by atoms with van der Waals surface area (Å²) >= 11 is 0. The second-order valence-electron chi connectivity index (χ2n) is 10.5. The number of carbonyl (C=O) groups excluding carboxylic acids is 1. The van der Waals surface area contributed by atoms with Crippen molar-refractivity contribution < 1.29 is 24.2 Å². The van der Waals surface area contributed by atoms with E-state index in [2.05, 4.69) is 5.10 Å². The van der Waals surface area contributed by atoms with Gasteiger partial charge < -0.3 is 19.5 Å². The van der Waals surface area contributed by atoms with Crippen LogP contribution in [0.3, 0.4) is 0 Å². The third-order valence-corrected chi connectivity index (χ3v) is 6.57. The summed E-state index contributed by atoms with van der Waals surface area (Å²) < 4.78 is 13.9. The third kappa shape index (κ3) is 4.31. The average Bonchev–Trinajstić information content (AvgIpc) is 3.45. The first kappa shape index (κ1) is 22.6. The summed E-state index contributed by atoms with van der Waals surface area (Å²) in [6, 6.07) is 4.17. The minimum atomic E-state index is -0.964. The monoisotopic (exact) mass is 468 g/mol. The molecule has 1 N–H and O–H groups in total.